The molecule has 0 spiro atoms. The maximum atomic E-state index is 12.3. The Balaban J connectivity index is -0.00000132. The molecule has 0 bridgehead atoms. The van der Waals surface area contributed by atoms with Crippen LogP contribution in [0.5, 0.6) is 0 Å². The predicted molar refractivity (Wildman–Crippen MR) is 302 cm³/mol. The summed E-state index contributed by atoms with van der Waals surface area (Å²) in [7, 11) is 0. The van der Waals surface area contributed by atoms with Crippen LogP contribution in [0.1, 0.15) is 374 Å². The van der Waals surface area contributed by atoms with E-state index in [9.17, 15) is 29.4 Å². The van der Waals surface area contributed by atoms with Crippen molar-refractivity contribution in [1.29, 1.82) is 0 Å². The molecule has 8 nitrogen and oxygen atoms in total. The summed E-state index contributed by atoms with van der Waals surface area (Å²) in [6, 6.07) is 0. The zero-order valence-corrected chi connectivity index (χ0v) is 52.3. The van der Waals surface area contributed by atoms with E-state index in [1.54, 1.807) is 0 Å². The molecule has 0 saturated heterocycles. The van der Waals surface area contributed by atoms with Gasteiger partial charge in [0.05, 0.1) is 0 Å². The Morgan fingerprint density at radius 2 is 0.438 bits per heavy atom. The van der Waals surface area contributed by atoms with Crippen LogP contribution in [0.2, 0.25) is 0 Å². The van der Waals surface area contributed by atoms with Gasteiger partial charge in [-0.25, -0.2) is 0 Å². The molecule has 0 aromatic heterocycles. The fourth-order valence-corrected chi connectivity index (χ4v) is 9.86. The van der Waals surface area contributed by atoms with Crippen LogP contribution in [0.15, 0.2) is 0 Å². The first-order valence-corrected chi connectivity index (χ1v) is 32.0. The van der Waals surface area contributed by atoms with Crippen LogP contribution in [0.3, 0.4) is 0 Å². The first-order chi connectivity index (χ1) is 35.2. The molecule has 428 valence electrons. The summed E-state index contributed by atoms with van der Waals surface area (Å²) in [5, 5.41) is 21.8. The molecule has 0 fully saturated rings. The van der Waals surface area contributed by atoms with E-state index in [1.807, 2.05) is 0 Å². The van der Waals surface area contributed by atoms with Crippen molar-refractivity contribution in [3.8, 4) is 0 Å². The van der Waals surface area contributed by atoms with Gasteiger partial charge in [-0.2, -0.15) is 0 Å². The second-order valence-corrected chi connectivity index (χ2v) is 22.0. The molecular weight excluding hydrogens is 962 g/mol. The average Bonchev–Trinajstić information content (AvgIpc) is 3.36. The van der Waals surface area contributed by atoms with Crippen molar-refractivity contribution in [3.63, 3.8) is 0 Å². The first-order valence-electron chi connectivity index (χ1n) is 32.0. The topological polar surface area (TPSA) is 133 Å². The number of rotatable bonds is 58. The Labute approximate surface area is 466 Å². The number of hydrogen-bond acceptors (Lipinski definition) is 8. The molecule has 2 atom stereocenters. The first kappa shape index (κ1) is 75.7. The van der Waals surface area contributed by atoms with Crippen molar-refractivity contribution < 1.29 is 58.3 Å². The van der Waals surface area contributed by atoms with Crippen molar-refractivity contribution in [2.24, 2.45) is 0 Å². The number of carbonyl (C=O) groups is 4. The van der Waals surface area contributed by atoms with Gasteiger partial charge >= 0.3 is 31.4 Å². The quantitative estimate of drug-likeness (QED) is 0.0334. The number of carboxylic acid groups (broad SMARTS) is 2. The number of unbranched alkanes of at least 4 members (excludes halogenated alkanes) is 42. The van der Waals surface area contributed by atoms with Crippen molar-refractivity contribution >= 4 is 23.9 Å². The van der Waals surface area contributed by atoms with Gasteiger partial charge in [0.1, 0.15) is 12.2 Å². The van der Waals surface area contributed by atoms with Crippen molar-refractivity contribution in [1.82, 2.24) is 0 Å². The van der Waals surface area contributed by atoms with Crippen molar-refractivity contribution in [3.05, 3.63) is 0 Å². The van der Waals surface area contributed by atoms with Gasteiger partial charge in [0.25, 0.3) is 0 Å². The molecule has 0 rings (SSSR count). The minimum atomic E-state index is -1.06. The summed E-state index contributed by atoms with van der Waals surface area (Å²) in [4.78, 5) is 46.4. The van der Waals surface area contributed by atoms with Crippen LogP contribution in [-0.4, -0.2) is 36.1 Å². The largest absolute Gasteiger partial charge is 2.00 e. The van der Waals surface area contributed by atoms with Gasteiger partial charge in [0.2, 0.25) is 0 Å². The minimum absolute atomic E-state index is 0. The molecule has 0 amide bonds. The third-order valence-electron chi connectivity index (χ3n) is 14.7. The molecule has 0 heterocycles. The van der Waals surface area contributed by atoms with Crippen LogP contribution < -0.4 is 10.2 Å². The summed E-state index contributed by atoms with van der Waals surface area (Å²) in [5.41, 5.74) is 0. The molecule has 73 heavy (non-hydrogen) atoms. The molecule has 0 N–H and O–H groups in total. The van der Waals surface area contributed by atoms with Crippen LogP contribution >= 0.6 is 0 Å². The Kier molecular flexibility index (Phi) is 67.2. The summed E-state index contributed by atoms with van der Waals surface area (Å²) in [6.45, 7) is 9.03. The zero-order chi connectivity index (χ0) is 53.1. The normalized spacial score (nSPS) is 11.9. The third-order valence-corrected chi connectivity index (χ3v) is 14.7. The summed E-state index contributed by atoms with van der Waals surface area (Å²) >= 11 is 0. The molecule has 0 saturated carbocycles. The van der Waals surface area contributed by atoms with Gasteiger partial charge in [0, 0.05) is 24.8 Å². The predicted octanol–water partition coefficient (Wildman–Crippen LogP) is 18.4. The van der Waals surface area contributed by atoms with Gasteiger partial charge in [-0.3, -0.25) is 9.59 Å². The summed E-state index contributed by atoms with van der Waals surface area (Å²) in [5.74, 6) is -2.44. The monoisotopic (exact) mass is 1080 g/mol. The van der Waals surface area contributed by atoms with E-state index in [1.165, 1.54) is 244 Å². The molecule has 0 aromatic rings. The minimum Gasteiger partial charge on any atom is -0.550 e. The molecular formula is C64H122O8Zn. The van der Waals surface area contributed by atoms with Gasteiger partial charge in [-0.15, -0.1) is 0 Å². The zero-order valence-electron chi connectivity index (χ0n) is 49.3. The number of carbonyl (C=O) groups excluding carboxylic acids is 4. The molecule has 0 aliphatic carbocycles. The van der Waals surface area contributed by atoms with Gasteiger partial charge < -0.3 is 29.3 Å². The van der Waals surface area contributed by atoms with Gasteiger partial charge in [0.15, 0.2) is 0 Å². The van der Waals surface area contributed by atoms with E-state index in [4.69, 9.17) is 9.47 Å². The van der Waals surface area contributed by atoms with E-state index in [-0.39, 0.29) is 56.5 Å². The van der Waals surface area contributed by atoms with E-state index in [0.717, 1.165) is 64.2 Å². The van der Waals surface area contributed by atoms with E-state index < -0.39 is 11.9 Å². The van der Waals surface area contributed by atoms with E-state index in [2.05, 4.69) is 27.7 Å². The van der Waals surface area contributed by atoms with Crippen LogP contribution in [-0.2, 0) is 48.1 Å². The number of ether oxygens (including phenoxy) is 2. The van der Waals surface area contributed by atoms with E-state index in [0.29, 0.717) is 25.7 Å². The van der Waals surface area contributed by atoms with Gasteiger partial charge in [-0.05, 0) is 64.2 Å². The number of esters is 2. The summed E-state index contributed by atoms with van der Waals surface area (Å²) in [6.07, 6.45) is 61.2. The standard InChI is InChI=1S/2C32H62O4.Zn/c2*1-3-5-7-9-11-13-15-17-18-20-22-24-26-30(28-29-31(33)34)36-32(35)27-25-23-21-19-16-14-12-10-8-6-4-2;/h2*30H,3-29H2,1-2H3,(H,33,34);/q;;+2/p-2. The fourth-order valence-electron chi connectivity index (χ4n) is 9.86. The Hall–Kier alpha value is -1.50. The SMILES string of the molecule is CCCCCCCCCCCCCCC(CCC(=O)[O-])OC(=O)CCCCCCCCCCCCC.CCCCCCCCCCCCCCC(CCC(=O)[O-])OC(=O)CCCCCCCCCCCCC.[Zn+2]. The van der Waals surface area contributed by atoms with Crippen LogP contribution in [0, 0.1) is 0 Å². The molecule has 0 radical (unpaired) electrons. The van der Waals surface area contributed by atoms with Crippen LogP contribution in [0.4, 0.5) is 0 Å². The second kappa shape index (κ2) is 64.8. The summed E-state index contributed by atoms with van der Waals surface area (Å²) < 4.78 is 11.3. The smallest absolute Gasteiger partial charge is 0.550 e. The second-order valence-electron chi connectivity index (χ2n) is 22.0. The van der Waals surface area contributed by atoms with Crippen LogP contribution in [0.25, 0.3) is 0 Å². The molecule has 0 aliphatic rings. The maximum absolute atomic E-state index is 12.3. The Morgan fingerprint density at radius 3 is 0.630 bits per heavy atom. The van der Waals surface area contributed by atoms with E-state index >= 15 is 0 Å². The molecule has 2 unspecified atom stereocenters. The van der Waals surface area contributed by atoms with Gasteiger partial charge in [-0.1, -0.05) is 297 Å². The third kappa shape index (κ3) is 66.6. The molecule has 9 heteroatoms. The average molecular weight is 1090 g/mol. The van der Waals surface area contributed by atoms with Crippen molar-refractivity contribution in [2.75, 3.05) is 0 Å². The number of hydrogen-bond donors (Lipinski definition) is 0. The van der Waals surface area contributed by atoms with Crippen molar-refractivity contribution in [2.45, 2.75) is 387 Å². The Bertz CT molecular complexity index is 1050. The number of carboxylic acids is 2. The molecule has 0 aromatic carbocycles. The fraction of sp³-hybridized carbons (Fsp3) is 0.938. The maximum Gasteiger partial charge on any atom is 2.00 e. The molecule has 0 aliphatic heterocycles. The number of aliphatic carboxylic acids is 2. The Morgan fingerprint density at radius 1 is 0.260 bits per heavy atom.